The Morgan fingerprint density at radius 2 is 2.06 bits per heavy atom. The second-order valence-electron chi connectivity index (χ2n) is 7.33. The molecule has 1 unspecified atom stereocenters. The number of nitrogens with zero attached hydrogens (tertiary/aromatic N) is 5. The molecule has 1 aromatic carbocycles. The highest BCUT2D eigenvalue weighted by Gasteiger charge is 2.31. The number of hydrogen-bond donors (Lipinski definition) is 1. The monoisotopic (exact) mass is 492 g/mol. The van der Waals surface area contributed by atoms with E-state index in [1.165, 1.54) is 23.9 Å². The van der Waals surface area contributed by atoms with Crippen LogP contribution in [0.2, 0.25) is 0 Å². The molecular formula is C21H19F3N6O3S. The van der Waals surface area contributed by atoms with Crippen LogP contribution < -0.4 is 5.73 Å². The van der Waals surface area contributed by atoms with Crippen LogP contribution in [0.5, 0.6) is 0 Å². The third-order valence-electron chi connectivity index (χ3n) is 4.80. The first-order valence-electron chi connectivity index (χ1n) is 10.1. The zero-order valence-electron chi connectivity index (χ0n) is 17.8. The molecule has 3 aromatic heterocycles. The van der Waals surface area contributed by atoms with E-state index in [0.29, 0.717) is 29.7 Å². The van der Waals surface area contributed by atoms with Crippen molar-refractivity contribution in [2.75, 3.05) is 0 Å². The Kier molecular flexibility index (Phi) is 6.72. The van der Waals surface area contributed by atoms with E-state index in [1.54, 1.807) is 29.9 Å². The molecule has 0 saturated carbocycles. The van der Waals surface area contributed by atoms with Crippen molar-refractivity contribution >= 4 is 17.7 Å². The summed E-state index contributed by atoms with van der Waals surface area (Å²) in [4.78, 5) is 15.5. The maximum Gasteiger partial charge on any atom is 0.416 e. The first-order valence-corrected chi connectivity index (χ1v) is 11.0. The molecule has 0 radical (unpaired) electrons. The Hall–Kier alpha value is -3.61. The van der Waals surface area contributed by atoms with E-state index in [1.807, 2.05) is 0 Å². The lowest BCUT2D eigenvalue weighted by molar-refractivity contribution is -0.137. The van der Waals surface area contributed by atoms with Gasteiger partial charge in [0.15, 0.2) is 5.16 Å². The number of alkyl halides is 3. The van der Waals surface area contributed by atoms with Crippen LogP contribution in [0.3, 0.4) is 0 Å². The van der Waals surface area contributed by atoms with Crippen LogP contribution in [0.4, 0.5) is 13.2 Å². The van der Waals surface area contributed by atoms with Crippen LogP contribution >= 0.6 is 11.8 Å². The lowest BCUT2D eigenvalue weighted by Crippen LogP contribution is -2.14. The van der Waals surface area contributed by atoms with Crippen LogP contribution in [0, 0.1) is 0 Å². The van der Waals surface area contributed by atoms with Gasteiger partial charge in [0, 0.05) is 18.4 Å². The summed E-state index contributed by atoms with van der Waals surface area (Å²) in [7, 11) is 0. The average molecular weight is 492 g/mol. The molecule has 1 amide bonds. The Morgan fingerprint density at radius 3 is 2.76 bits per heavy atom. The van der Waals surface area contributed by atoms with Crippen LogP contribution in [0.1, 0.15) is 41.6 Å². The first-order chi connectivity index (χ1) is 16.2. The third kappa shape index (κ3) is 5.47. The summed E-state index contributed by atoms with van der Waals surface area (Å²) < 4.78 is 51.6. The maximum absolute atomic E-state index is 13.0. The number of primary amides is 1. The standard InChI is InChI=1S/C21H19F3N6O3S/c1-12(19-26-18(29-33-19)13-4-2-5-14(10-13)21(22,23)24)34-20-28-27-17(8-7-16(25)31)30(20)11-15-6-3-9-32-15/h2-6,9-10,12H,7-8,11H2,1H3,(H2,25,31). The van der Waals surface area contributed by atoms with E-state index in [9.17, 15) is 18.0 Å². The van der Waals surface area contributed by atoms with E-state index >= 15 is 0 Å². The summed E-state index contributed by atoms with van der Waals surface area (Å²) in [5.74, 6) is 1.03. The number of carbonyl (C=O) groups excluding carboxylic acids is 1. The largest absolute Gasteiger partial charge is 0.467 e. The van der Waals surface area contributed by atoms with Crippen molar-refractivity contribution in [2.45, 2.75) is 42.9 Å². The SMILES string of the molecule is CC(Sc1nnc(CCC(N)=O)n1Cc1ccco1)c1nc(-c2cccc(C(F)(F)F)c2)no1. The highest BCUT2D eigenvalue weighted by Crippen LogP contribution is 2.35. The van der Waals surface area contributed by atoms with E-state index in [0.717, 1.165) is 12.1 Å². The molecule has 13 heteroatoms. The minimum Gasteiger partial charge on any atom is -0.467 e. The molecule has 3 heterocycles. The van der Waals surface area contributed by atoms with Crippen LogP contribution in [-0.2, 0) is 23.9 Å². The van der Waals surface area contributed by atoms with E-state index in [2.05, 4.69) is 20.3 Å². The molecule has 1 atom stereocenters. The number of carbonyl (C=O) groups is 1. The quantitative estimate of drug-likeness (QED) is 0.344. The number of hydrogen-bond acceptors (Lipinski definition) is 8. The molecule has 0 spiro atoms. The van der Waals surface area contributed by atoms with Crippen molar-refractivity contribution in [3.8, 4) is 11.4 Å². The summed E-state index contributed by atoms with van der Waals surface area (Å²) >= 11 is 1.27. The normalized spacial score (nSPS) is 12.7. The third-order valence-corrected chi connectivity index (χ3v) is 5.87. The van der Waals surface area contributed by atoms with Gasteiger partial charge in [-0.15, -0.1) is 10.2 Å². The fourth-order valence-corrected chi connectivity index (χ4v) is 4.00. The van der Waals surface area contributed by atoms with Crippen molar-refractivity contribution in [1.29, 1.82) is 0 Å². The highest BCUT2D eigenvalue weighted by atomic mass is 32.2. The van der Waals surface area contributed by atoms with Gasteiger partial charge in [0.05, 0.1) is 23.6 Å². The Morgan fingerprint density at radius 1 is 1.24 bits per heavy atom. The van der Waals surface area contributed by atoms with Gasteiger partial charge in [-0.3, -0.25) is 9.36 Å². The molecule has 0 aliphatic heterocycles. The molecule has 0 aliphatic rings. The lowest BCUT2D eigenvalue weighted by atomic mass is 10.1. The molecule has 4 aromatic rings. The number of halogens is 3. The smallest absolute Gasteiger partial charge is 0.416 e. The van der Waals surface area contributed by atoms with Gasteiger partial charge in [-0.1, -0.05) is 29.1 Å². The van der Waals surface area contributed by atoms with E-state index in [4.69, 9.17) is 14.7 Å². The molecule has 0 aliphatic carbocycles. The van der Waals surface area contributed by atoms with E-state index < -0.39 is 22.9 Å². The summed E-state index contributed by atoms with van der Waals surface area (Å²) in [6, 6.07) is 8.27. The van der Waals surface area contributed by atoms with Crippen LogP contribution in [0.15, 0.2) is 56.8 Å². The van der Waals surface area contributed by atoms with Gasteiger partial charge in [0.1, 0.15) is 11.6 Å². The predicted molar refractivity (Wildman–Crippen MR) is 114 cm³/mol. The number of benzene rings is 1. The maximum atomic E-state index is 13.0. The van der Waals surface area contributed by atoms with Gasteiger partial charge in [0.25, 0.3) is 0 Å². The highest BCUT2D eigenvalue weighted by molar-refractivity contribution is 7.99. The van der Waals surface area contributed by atoms with Gasteiger partial charge in [-0.2, -0.15) is 18.2 Å². The minimum atomic E-state index is -4.48. The molecular weight excluding hydrogens is 473 g/mol. The molecule has 2 N–H and O–H groups in total. The van der Waals surface area contributed by atoms with Gasteiger partial charge in [0.2, 0.25) is 17.6 Å². The van der Waals surface area contributed by atoms with Crippen LogP contribution in [-0.4, -0.2) is 30.8 Å². The number of amides is 1. The zero-order valence-corrected chi connectivity index (χ0v) is 18.6. The molecule has 178 valence electrons. The zero-order chi connectivity index (χ0) is 24.3. The van der Waals surface area contributed by atoms with Gasteiger partial charge in [-0.25, -0.2) is 0 Å². The Labute approximate surface area is 195 Å². The summed E-state index contributed by atoms with van der Waals surface area (Å²) in [6.07, 6.45) is -2.51. The number of thioether (sulfide) groups is 1. The summed E-state index contributed by atoms with van der Waals surface area (Å²) in [6.45, 7) is 2.13. The number of rotatable bonds is 9. The Balaban J connectivity index is 1.54. The molecule has 34 heavy (non-hydrogen) atoms. The second kappa shape index (κ2) is 9.71. The van der Waals surface area contributed by atoms with Gasteiger partial charge >= 0.3 is 6.18 Å². The molecule has 0 saturated heterocycles. The fourth-order valence-electron chi connectivity index (χ4n) is 3.10. The summed E-state index contributed by atoms with van der Waals surface area (Å²) in [5, 5.41) is 12.3. The second-order valence-corrected chi connectivity index (χ2v) is 8.63. The summed E-state index contributed by atoms with van der Waals surface area (Å²) in [5.41, 5.74) is 4.66. The average Bonchev–Trinajstić information content (AvgIpc) is 3.54. The number of nitrogens with two attached hydrogens (primary N) is 1. The van der Waals surface area contributed by atoms with E-state index in [-0.39, 0.29) is 23.7 Å². The molecule has 4 rings (SSSR count). The Bertz CT molecular complexity index is 1270. The van der Waals surface area contributed by atoms with Gasteiger partial charge < -0.3 is 14.7 Å². The minimum absolute atomic E-state index is 0.0488. The number of aromatic nitrogens is 5. The molecule has 0 fully saturated rings. The topological polar surface area (TPSA) is 126 Å². The molecule has 0 bridgehead atoms. The van der Waals surface area contributed by atoms with Gasteiger partial charge in [-0.05, 0) is 31.2 Å². The van der Waals surface area contributed by atoms with Crippen molar-refractivity contribution < 1.29 is 26.9 Å². The molecule has 9 nitrogen and oxygen atoms in total. The fraction of sp³-hybridized carbons (Fsp3) is 0.286. The van der Waals surface area contributed by atoms with Crippen molar-refractivity contribution in [2.24, 2.45) is 5.73 Å². The van der Waals surface area contributed by atoms with Crippen molar-refractivity contribution in [1.82, 2.24) is 24.9 Å². The lowest BCUT2D eigenvalue weighted by Gasteiger charge is -2.10. The van der Waals surface area contributed by atoms with Crippen molar-refractivity contribution in [3.05, 3.63) is 65.7 Å². The predicted octanol–water partition coefficient (Wildman–Crippen LogP) is 4.26. The van der Waals surface area contributed by atoms with Crippen molar-refractivity contribution in [3.63, 3.8) is 0 Å². The number of aryl methyl sites for hydroxylation is 1. The first kappa shape index (κ1) is 23.5. The number of furan rings is 1. The van der Waals surface area contributed by atoms with Crippen LogP contribution in [0.25, 0.3) is 11.4 Å².